The molecule has 0 aliphatic rings. The van der Waals surface area contributed by atoms with E-state index in [4.69, 9.17) is 17.3 Å². The molecule has 0 aliphatic carbocycles. The van der Waals surface area contributed by atoms with Crippen LogP contribution in [0.2, 0.25) is 5.02 Å². The fourth-order valence-electron chi connectivity index (χ4n) is 0.841. The van der Waals surface area contributed by atoms with E-state index in [0.717, 1.165) is 0 Å². The molecule has 1 aromatic rings. The van der Waals surface area contributed by atoms with Crippen molar-refractivity contribution in [2.75, 3.05) is 0 Å². The van der Waals surface area contributed by atoms with Gasteiger partial charge in [0.1, 0.15) is 0 Å². The van der Waals surface area contributed by atoms with Gasteiger partial charge in [-0.05, 0) is 0 Å². The number of halogens is 4. The molecule has 0 bridgehead atoms. The van der Waals surface area contributed by atoms with Crippen LogP contribution in [0.1, 0.15) is 22.3 Å². The average molecular weight is 225 g/mol. The highest BCUT2D eigenvalue weighted by atomic mass is 35.5. The third kappa shape index (κ3) is 1.79. The summed E-state index contributed by atoms with van der Waals surface area (Å²) in [5.74, 6) is -2.44. The Hall–Kier alpha value is -1.30. The summed E-state index contributed by atoms with van der Waals surface area (Å²) in [4.78, 5) is 13.6. The van der Waals surface area contributed by atoms with Crippen LogP contribution in [0.4, 0.5) is 13.2 Å². The predicted molar refractivity (Wildman–Crippen MR) is 42.7 cm³/mol. The number of rotatable bonds is 2. The maximum absolute atomic E-state index is 12.7. The summed E-state index contributed by atoms with van der Waals surface area (Å²) >= 11 is 5.34. The van der Waals surface area contributed by atoms with Gasteiger partial charge in [0.25, 0.3) is 12.3 Å². The summed E-state index contributed by atoms with van der Waals surface area (Å²) in [6.45, 7) is 0. The summed E-state index contributed by atoms with van der Waals surface area (Å²) in [6.07, 6.45) is -2.43. The molecule has 7 heteroatoms. The number of primary amides is 1. The van der Waals surface area contributed by atoms with Crippen LogP contribution in [-0.4, -0.2) is 10.9 Å². The van der Waals surface area contributed by atoms with Crippen molar-refractivity contribution in [1.29, 1.82) is 0 Å². The Kier molecular flexibility index (Phi) is 2.95. The molecule has 2 N–H and O–H groups in total. The molecular weight excluding hydrogens is 221 g/mol. The molecular formula is C7H4ClF3N2O. The zero-order valence-corrected chi connectivity index (χ0v) is 7.36. The van der Waals surface area contributed by atoms with E-state index in [1.165, 1.54) is 0 Å². The lowest BCUT2D eigenvalue weighted by atomic mass is 10.2. The highest BCUT2D eigenvalue weighted by molar-refractivity contribution is 6.34. The fourth-order valence-corrected chi connectivity index (χ4v) is 1.14. The quantitative estimate of drug-likeness (QED) is 0.780. The monoisotopic (exact) mass is 224 g/mol. The van der Waals surface area contributed by atoms with Gasteiger partial charge in [-0.25, -0.2) is 13.8 Å². The zero-order valence-electron chi connectivity index (χ0n) is 6.60. The molecule has 1 amide bonds. The van der Waals surface area contributed by atoms with E-state index in [9.17, 15) is 18.0 Å². The maximum atomic E-state index is 12.7. The third-order valence-corrected chi connectivity index (χ3v) is 1.89. The van der Waals surface area contributed by atoms with Crippen LogP contribution in [0, 0.1) is 5.95 Å². The van der Waals surface area contributed by atoms with Crippen molar-refractivity contribution in [3.8, 4) is 0 Å². The van der Waals surface area contributed by atoms with Crippen LogP contribution in [0.25, 0.3) is 0 Å². The second kappa shape index (κ2) is 3.83. The van der Waals surface area contributed by atoms with Crippen molar-refractivity contribution in [1.82, 2.24) is 4.98 Å². The molecule has 0 fully saturated rings. The fraction of sp³-hybridized carbons (Fsp3) is 0.143. The van der Waals surface area contributed by atoms with E-state index >= 15 is 0 Å². The number of hydrogen-bond acceptors (Lipinski definition) is 2. The van der Waals surface area contributed by atoms with Gasteiger partial charge in [-0.1, -0.05) is 11.6 Å². The van der Waals surface area contributed by atoms with Gasteiger partial charge in [0.05, 0.1) is 16.1 Å². The van der Waals surface area contributed by atoms with E-state index in [2.05, 4.69) is 4.98 Å². The number of carbonyl (C=O) groups excluding carboxylic acids is 1. The molecule has 0 atom stereocenters. The lowest BCUT2D eigenvalue weighted by molar-refractivity contribution is 0.0999. The Balaban J connectivity index is 3.41. The largest absolute Gasteiger partial charge is 0.366 e. The van der Waals surface area contributed by atoms with Gasteiger partial charge in [0.2, 0.25) is 5.95 Å². The van der Waals surface area contributed by atoms with Crippen LogP contribution >= 0.6 is 11.6 Å². The van der Waals surface area contributed by atoms with Gasteiger partial charge < -0.3 is 5.73 Å². The standard InChI is InChI=1S/C7H4ClF3N2O/c8-4-2(7(12)14)1-13-6(11)3(4)5(9)10/h1,5H,(H2,12,14). The van der Waals surface area contributed by atoms with Crippen LogP contribution in [0.3, 0.4) is 0 Å². The third-order valence-electron chi connectivity index (χ3n) is 1.49. The number of alkyl halides is 2. The first kappa shape index (κ1) is 10.8. The summed E-state index contributed by atoms with van der Waals surface area (Å²) in [7, 11) is 0. The molecule has 1 rings (SSSR count). The first-order valence-electron chi connectivity index (χ1n) is 3.37. The summed E-state index contributed by atoms with van der Waals surface area (Å²) in [6, 6.07) is 0. The van der Waals surface area contributed by atoms with E-state index in [1.807, 2.05) is 0 Å². The lowest BCUT2D eigenvalue weighted by Gasteiger charge is -2.06. The first-order valence-corrected chi connectivity index (χ1v) is 3.74. The van der Waals surface area contributed by atoms with Gasteiger partial charge in [-0.2, -0.15) is 4.39 Å². The molecule has 0 spiro atoms. The Labute approximate surface area is 81.7 Å². The molecule has 0 saturated heterocycles. The molecule has 3 nitrogen and oxygen atoms in total. The normalized spacial score (nSPS) is 10.6. The molecule has 0 unspecified atom stereocenters. The molecule has 76 valence electrons. The maximum Gasteiger partial charge on any atom is 0.269 e. The zero-order chi connectivity index (χ0) is 10.9. The summed E-state index contributed by atoms with van der Waals surface area (Å²) in [5, 5.41) is -0.694. The van der Waals surface area contributed by atoms with Crippen molar-refractivity contribution in [3.05, 3.63) is 28.3 Å². The number of nitrogens with two attached hydrogens (primary N) is 1. The van der Waals surface area contributed by atoms with Gasteiger partial charge >= 0.3 is 0 Å². The van der Waals surface area contributed by atoms with E-state index in [0.29, 0.717) is 6.20 Å². The van der Waals surface area contributed by atoms with Crippen molar-refractivity contribution < 1.29 is 18.0 Å². The molecule has 0 aliphatic heterocycles. The molecule has 0 aromatic carbocycles. The number of carbonyl (C=O) groups is 1. The highest BCUT2D eigenvalue weighted by Gasteiger charge is 2.23. The van der Waals surface area contributed by atoms with Crippen LogP contribution in [0.15, 0.2) is 6.20 Å². The van der Waals surface area contributed by atoms with Gasteiger partial charge in [0.15, 0.2) is 0 Å². The van der Waals surface area contributed by atoms with Crippen LogP contribution < -0.4 is 5.73 Å². The van der Waals surface area contributed by atoms with E-state index in [1.54, 1.807) is 0 Å². The second-order valence-corrected chi connectivity index (χ2v) is 2.73. The van der Waals surface area contributed by atoms with Crippen LogP contribution in [-0.2, 0) is 0 Å². The number of nitrogens with zero attached hydrogens (tertiary/aromatic N) is 1. The first-order chi connectivity index (χ1) is 6.45. The molecule has 14 heavy (non-hydrogen) atoms. The lowest BCUT2D eigenvalue weighted by Crippen LogP contribution is -2.14. The van der Waals surface area contributed by atoms with E-state index < -0.39 is 34.4 Å². The average Bonchev–Trinajstić information content (AvgIpc) is 2.02. The van der Waals surface area contributed by atoms with Crippen molar-refractivity contribution in [3.63, 3.8) is 0 Å². The Morgan fingerprint density at radius 1 is 1.57 bits per heavy atom. The minimum atomic E-state index is -3.14. The van der Waals surface area contributed by atoms with Crippen LogP contribution in [0.5, 0.6) is 0 Å². The number of pyridine rings is 1. The highest BCUT2D eigenvalue weighted by Crippen LogP contribution is 2.30. The minimum Gasteiger partial charge on any atom is -0.366 e. The minimum absolute atomic E-state index is 0.427. The van der Waals surface area contributed by atoms with Crippen molar-refractivity contribution in [2.24, 2.45) is 5.73 Å². The summed E-state index contributed by atoms with van der Waals surface area (Å²) < 4.78 is 37.1. The van der Waals surface area contributed by atoms with E-state index in [-0.39, 0.29) is 0 Å². The van der Waals surface area contributed by atoms with Gasteiger partial charge in [-0.15, -0.1) is 0 Å². The SMILES string of the molecule is NC(=O)c1cnc(F)c(C(F)F)c1Cl. The second-order valence-electron chi connectivity index (χ2n) is 2.36. The van der Waals surface area contributed by atoms with Crippen molar-refractivity contribution in [2.45, 2.75) is 6.43 Å². The molecule has 0 radical (unpaired) electrons. The molecule has 1 aromatic heterocycles. The predicted octanol–water partition coefficient (Wildman–Crippen LogP) is 1.91. The number of hydrogen-bond donors (Lipinski definition) is 1. The molecule has 1 heterocycles. The Morgan fingerprint density at radius 3 is 2.57 bits per heavy atom. The summed E-state index contributed by atoms with van der Waals surface area (Å²) in [5.41, 5.74) is 3.27. The Morgan fingerprint density at radius 2 is 2.14 bits per heavy atom. The number of aromatic nitrogens is 1. The smallest absolute Gasteiger partial charge is 0.269 e. The topological polar surface area (TPSA) is 56.0 Å². The van der Waals surface area contributed by atoms with Gasteiger partial charge in [0, 0.05) is 6.20 Å². The molecule has 0 saturated carbocycles. The Bertz CT molecular complexity index is 383. The van der Waals surface area contributed by atoms with Crippen molar-refractivity contribution >= 4 is 17.5 Å². The van der Waals surface area contributed by atoms with Gasteiger partial charge in [-0.3, -0.25) is 4.79 Å². The number of amides is 1.